The molecule has 0 fully saturated rings. The van der Waals surface area contributed by atoms with Crippen LogP contribution in [0.1, 0.15) is 47.2 Å². The van der Waals surface area contributed by atoms with Gasteiger partial charge in [-0.15, -0.1) is 0 Å². The molecular formula is C82H64O4. The lowest BCUT2D eigenvalue weighted by Crippen LogP contribution is -2.04. The Labute approximate surface area is 501 Å². The molecule has 0 aliphatic heterocycles. The van der Waals surface area contributed by atoms with Crippen molar-refractivity contribution in [3.8, 4) is 44.9 Å². The van der Waals surface area contributed by atoms with Gasteiger partial charge in [0.2, 0.25) is 0 Å². The van der Waals surface area contributed by atoms with Crippen molar-refractivity contribution in [3.05, 3.63) is 276 Å². The first kappa shape index (κ1) is 54.8. The molecule has 0 amide bonds. The van der Waals surface area contributed by atoms with Gasteiger partial charge in [-0.1, -0.05) is 241 Å². The van der Waals surface area contributed by atoms with Crippen LogP contribution in [0.25, 0.3) is 130 Å². The summed E-state index contributed by atoms with van der Waals surface area (Å²) in [6.07, 6.45) is 0. The average Bonchev–Trinajstić information content (AvgIpc) is 2.07. The fourth-order valence-corrected chi connectivity index (χ4v) is 13.0. The highest BCUT2D eigenvalue weighted by atomic mass is 16.5. The van der Waals surface area contributed by atoms with Crippen LogP contribution in [0.5, 0.6) is 11.5 Å². The third-order valence-electron chi connectivity index (χ3n) is 16.9. The standard InChI is InChI=1S/2C28H22O2.C26H20/c1-17-7-6-10-22(13-17)27-25-14-18(2)11-12-23(25)24-15-20-8-4-5-9-21(20)16-26(24)28(27)30-19(3)29;1-17-8-11-20(12-9-17)27-23-13-10-18(2)14-24(23)25-15-21-6-4-5-7-22(21)16-26(25)28(27)30-19(3)29;1-17-16-24-25(22-14-8-6-12-20(17)22)18(2)21-13-7-9-15-23(21)26(24)19-10-4-3-5-11-19/h2*4-16H,1-3H3;3-16H,1-2H3. The van der Waals surface area contributed by atoms with Crippen LogP contribution in [-0.2, 0) is 9.59 Å². The summed E-state index contributed by atoms with van der Waals surface area (Å²) >= 11 is 0. The molecule has 15 aromatic carbocycles. The third-order valence-corrected chi connectivity index (χ3v) is 16.9. The number of carbonyl (C=O) groups excluding carboxylic acids is 2. The molecule has 86 heavy (non-hydrogen) atoms. The van der Waals surface area contributed by atoms with Gasteiger partial charge in [-0.05, 0) is 185 Å². The van der Waals surface area contributed by atoms with Crippen molar-refractivity contribution in [2.45, 2.75) is 55.4 Å². The molecule has 15 aromatic rings. The Morgan fingerprint density at radius 3 is 1.27 bits per heavy atom. The van der Waals surface area contributed by atoms with Crippen LogP contribution in [-0.4, -0.2) is 11.9 Å². The largest absolute Gasteiger partial charge is 0.425 e. The number of carbonyl (C=O) groups is 2. The number of ether oxygens (including phenoxy) is 2. The molecule has 0 aliphatic rings. The van der Waals surface area contributed by atoms with E-state index in [1.807, 2.05) is 12.1 Å². The number of rotatable bonds is 5. The summed E-state index contributed by atoms with van der Waals surface area (Å²) in [5.74, 6) is 0.630. The van der Waals surface area contributed by atoms with E-state index in [0.29, 0.717) is 11.5 Å². The number of benzene rings is 15. The Hall–Kier alpha value is -10.4. The first-order valence-electron chi connectivity index (χ1n) is 29.5. The molecule has 15 rings (SSSR count). The fourth-order valence-electron chi connectivity index (χ4n) is 13.0. The Morgan fingerprint density at radius 2 is 0.686 bits per heavy atom. The SMILES string of the molecule is CC(=O)Oc1c(-c2ccc(C)cc2)c2ccc(C)cc2c2cc3ccccc3cc12.CC(=O)Oc1c(-c2cccc(C)c2)c2cc(C)ccc2c2cc3ccccc3cc12.Cc1cc2c(-c3ccccc3)c3ccccc3c(C)c2c2ccccc12. The number of esters is 2. The number of aryl methyl sites for hydroxylation is 6. The van der Waals surface area contributed by atoms with Gasteiger partial charge in [0.1, 0.15) is 11.5 Å². The van der Waals surface area contributed by atoms with Crippen molar-refractivity contribution in [2.24, 2.45) is 0 Å². The first-order chi connectivity index (χ1) is 41.8. The van der Waals surface area contributed by atoms with Gasteiger partial charge >= 0.3 is 11.9 Å². The predicted octanol–water partition coefficient (Wildman–Crippen LogP) is 22.1. The second-order valence-corrected chi connectivity index (χ2v) is 23.0. The molecule has 0 aliphatic carbocycles. The van der Waals surface area contributed by atoms with Crippen molar-refractivity contribution < 1.29 is 19.1 Å². The molecule has 0 N–H and O–H groups in total. The van der Waals surface area contributed by atoms with Gasteiger partial charge in [-0.3, -0.25) is 9.59 Å². The minimum Gasteiger partial charge on any atom is -0.425 e. The van der Waals surface area contributed by atoms with Crippen molar-refractivity contribution in [3.63, 3.8) is 0 Å². The first-order valence-corrected chi connectivity index (χ1v) is 29.5. The molecule has 0 radical (unpaired) electrons. The Bertz CT molecular complexity index is 5230. The molecule has 0 saturated carbocycles. The molecule has 0 atom stereocenters. The lowest BCUT2D eigenvalue weighted by molar-refractivity contribution is -0.132. The predicted molar refractivity (Wildman–Crippen MR) is 364 cm³/mol. The average molecular weight is 1110 g/mol. The fraction of sp³-hybridized carbons (Fsp3) is 0.0976. The van der Waals surface area contributed by atoms with E-state index in [1.54, 1.807) is 0 Å². The van der Waals surface area contributed by atoms with Crippen LogP contribution in [0.3, 0.4) is 0 Å². The second kappa shape index (κ2) is 22.6. The molecule has 0 bridgehead atoms. The smallest absolute Gasteiger partial charge is 0.308 e. The summed E-state index contributed by atoms with van der Waals surface area (Å²) in [5.41, 5.74) is 14.1. The van der Waals surface area contributed by atoms with Gasteiger partial charge in [-0.2, -0.15) is 0 Å². The van der Waals surface area contributed by atoms with Crippen molar-refractivity contribution in [1.82, 2.24) is 0 Å². The lowest BCUT2D eigenvalue weighted by Gasteiger charge is -2.18. The molecule has 4 heteroatoms. The summed E-state index contributed by atoms with van der Waals surface area (Å²) in [7, 11) is 0. The van der Waals surface area contributed by atoms with Gasteiger partial charge in [0.15, 0.2) is 0 Å². The van der Waals surface area contributed by atoms with Crippen LogP contribution < -0.4 is 9.47 Å². The summed E-state index contributed by atoms with van der Waals surface area (Å²) < 4.78 is 11.8. The lowest BCUT2D eigenvalue weighted by atomic mass is 9.85. The zero-order chi connectivity index (χ0) is 59.3. The Balaban J connectivity index is 0.000000120. The molecule has 416 valence electrons. The number of hydrogen-bond acceptors (Lipinski definition) is 4. The van der Waals surface area contributed by atoms with E-state index < -0.39 is 0 Å². The Kier molecular flexibility index (Phi) is 14.4. The maximum Gasteiger partial charge on any atom is 0.308 e. The Morgan fingerprint density at radius 1 is 0.267 bits per heavy atom. The van der Waals surface area contributed by atoms with Crippen LogP contribution >= 0.6 is 0 Å². The molecule has 0 aromatic heterocycles. The van der Waals surface area contributed by atoms with E-state index in [1.165, 1.54) is 107 Å². The second-order valence-electron chi connectivity index (χ2n) is 23.0. The van der Waals surface area contributed by atoms with Gasteiger partial charge in [0, 0.05) is 35.7 Å². The zero-order valence-electron chi connectivity index (χ0n) is 49.7. The van der Waals surface area contributed by atoms with Crippen molar-refractivity contribution in [2.75, 3.05) is 0 Å². The monoisotopic (exact) mass is 1110 g/mol. The van der Waals surface area contributed by atoms with Crippen LogP contribution in [0.2, 0.25) is 0 Å². The highest BCUT2D eigenvalue weighted by Crippen LogP contribution is 2.48. The van der Waals surface area contributed by atoms with Crippen LogP contribution in [0.4, 0.5) is 0 Å². The van der Waals surface area contributed by atoms with E-state index in [-0.39, 0.29) is 11.9 Å². The van der Waals surface area contributed by atoms with E-state index in [4.69, 9.17) is 9.47 Å². The van der Waals surface area contributed by atoms with Crippen molar-refractivity contribution in [1.29, 1.82) is 0 Å². The maximum absolute atomic E-state index is 12.2. The van der Waals surface area contributed by atoms with Gasteiger partial charge in [0.25, 0.3) is 0 Å². The topological polar surface area (TPSA) is 52.6 Å². The maximum atomic E-state index is 12.2. The molecule has 0 saturated heterocycles. The van der Waals surface area contributed by atoms with Crippen molar-refractivity contribution >= 4 is 109 Å². The molecular weight excluding hydrogens is 1050 g/mol. The van der Waals surface area contributed by atoms with Gasteiger partial charge in [-0.25, -0.2) is 0 Å². The highest BCUT2D eigenvalue weighted by Gasteiger charge is 2.23. The van der Waals surface area contributed by atoms with E-state index in [9.17, 15) is 9.59 Å². The van der Waals surface area contributed by atoms with Crippen LogP contribution in [0.15, 0.2) is 243 Å². The zero-order valence-corrected chi connectivity index (χ0v) is 49.7. The molecule has 0 spiro atoms. The number of fused-ring (bicyclic) bond motifs is 12. The highest BCUT2D eigenvalue weighted by molar-refractivity contribution is 6.24. The van der Waals surface area contributed by atoms with Gasteiger partial charge < -0.3 is 9.47 Å². The minimum atomic E-state index is -0.315. The molecule has 0 heterocycles. The molecule has 4 nitrogen and oxygen atoms in total. The quantitative estimate of drug-likeness (QED) is 0.0746. The summed E-state index contributed by atoms with van der Waals surface area (Å²) in [5, 5.41) is 21.3. The van der Waals surface area contributed by atoms with Gasteiger partial charge in [0.05, 0.1) is 0 Å². The van der Waals surface area contributed by atoms with E-state index in [0.717, 1.165) is 70.7 Å². The van der Waals surface area contributed by atoms with Crippen LogP contribution in [0, 0.1) is 41.5 Å². The van der Waals surface area contributed by atoms with E-state index >= 15 is 0 Å². The third kappa shape index (κ3) is 10.1. The number of hydrogen-bond donors (Lipinski definition) is 0. The normalized spacial score (nSPS) is 11.3. The van der Waals surface area contributed by atoms with E-state index in [2.05, 4.69) is 272 Å². The summed E-state index contributed by atoms with van der Waals surface area (Å²) in [6, 6.07) is 85.8. The minimum absolute atomic E-state index is 0.314. The summed E-state index contributed by atoms with van der Waals surface area (Å²) in [6.45, 7) is 15.8. The molecule has 0 unspecified atom stereocenters. The summed E-state index contributed by atoms with van der Waals surface area (Å²) in [4.78, 5) is 24.3.